The third-order valence-corrected chi connectivity index (χ3v) is 6.13. The zero-order chi connectivity index (χ0) is 20.7. The molecule has 0 bridgehead atoms. The fourth-order valence-electron chi connectivity index (χ4n) is 2.42. The average molecular weight is 404 g/mol. The first-order valence-electron chi connectivity index (χ1n) is 8.89. The maximum Gasteiger partial charge on any atom is 0.253 e. The van der Waals surface area contributed by atoms with Gasteiger partial charge in [-0.15, -0.1) is 0 Å². The second kappa shape index (κ2) is 9.36. The minimum absolute atomic E-state index is 0.0186. The van der Waals surface area contributed by atoms with Crippen LogP contribution in [0.3, 0.4) is 0 Å². The van der Waals surface area contributed by atoms with E-state index < -0.39 is 26.9 Å². The van der Waals surface area contributed by atoms with Crippen molar-refractivity contribution in [3.8, 4) is 5.75 Å². The van der Waals surface area contributed by atoms with Crippen LogP contribution in [0.4, 0.5) is 5.69 Å². The fraction of sp³-hybridized carbons (Fsp3) is 0.300. The van der Waals surface area contributed by atoms with Crippen LogP contribution >= 0.6 is 0 Å². The third-order valence-electron chi connectivity index (χ3n) is 3.92. The van der Waals surface area contributed by atoms with Crippen molar-refractivity contribution in [3.63, 3.8) is 0 Å². The largest absolute Gasteiger partial charge is 0.494 e. The predicted molar refractivity (Wildman–Crippen MR) is 107 cm³/mol. The van der Waals surface area contributed by atoms with Gasteiger partial charge in [-0.3, -0.25) is 9.59 Å². The molecule has 0 fully saturated rings. The zero-order valence-electron chi connectivity index (χ0n) is 16.1. The van der Waals surface area contributed by atoms with Crippen molar-refractivity contribution in [1.82, 2.24) is 5.32 Å². The molecule has 2 rings (SSSR count). The second-order valence-corrected chi connectivity index (χ2v) is 8.75. The van der Waals surface area contributed by atoms with Crippen LogP contribution in [0, 0.1) is 0 Å². The van der Waals surface area contributed by atoms with E-state index in [1.807, 2.05) is 6.92 Å². The van der Waals surface area contributed by atoms with E-state index in [0.717, 1.165) is 0 Å². The number of nitrogens with one attached hydrogen (secondary N) is 2. The van der Waals surface area contributed by atoms with E-state index >= 15 is 0 Å². The highest BCUT2D eigenvalue weighted by molar-refractivity contribution is 7.92. The van der Waals surface area contributed by atoms with Gasteiger partial charge in [0.15, 0.2) is 9.84 Å². The highest BCUT2D eigenvalue weighted by Gasteiger charge is 2.25. The van der Waals surface area contributed by atoms with Crippen LogP contribution < -0.4 is 15.4 Å². The Morgan fingerprint density at radius 2 is 1.68 bits per heavy atom. The molecule has 2 amide bonds. The predicted octanol–water partition coefficient (Wildman–Crippen LogP) is 2.64. The number of sulfone groups is 1. The number of anilines is 1. The molecule has 0 aliphatic rings. The second-order valence-electron chi connectivity index (χ2n) is 6.28. The standard InChI is InChI=1S/C20H24N2O5S/c1-4-27-16-11-9-15(10-12-16)22-19(23)13-21-20(24)17-7-5-6-8-18(17)28(25,26)14(2)3/h5-12,14H,4,13H2,1-3H3,(H,21,24)(H,22,23). The van der Waals surface area contributed by atoms with Gasteiger partial charge in [-0.1, -0.05) is 12.1 Å². The Bertz CT molecular complexity index is 937. The molecule has 0 heterocycles. The summed E-state index contributed by atoms with van der Waals surface area (Å²) in [7, 11) is -3.62. The van der Waals surface area contributed by atoms with Crippen LogP contribution in [-0.4, -0.2) is 38.6 Å². The molecule has 28 heavy (non-hydrogen) atoms. The Kier molecular flexibility index (Phi) is 7.17. The number of benzene rings is 2. The number of amides is 2. The van der Waals surface area contributed by atoms with Gasteiger partial charge in [-0.05, 0) is 57.2 Å². The van der Waals surface area contributed by atoms with Crippen molar-refractivity contribution in [3.05, 3.63) is 54.1 Å². The SMILES string of the molecule is CCOc1ccc(NC(=O)CNC(=O)c2ccccc2S(=O)(=O)C(C)C)cc1. The van der Waals surface area contributed by atoms with E-state index in [0.29, 0.717) is 18.0 Å². The molecule has 7 nitrogen and oxygen atoms in total. The van der Waals surface area contributed by atoms with E-state index in [1.54, 1.807) is 50.2 Å². The minimum Gasteiger partial charge on any atom is -0.494 e. The molecular formula is C20H24N2O5S. The van der Waals surface area contributed by atoms with Crippen LogP contribution in [0.1, 0.15) is 31.1 Å². The van der Waals surface area contributed by atoms with E-state index in [9.17, 15) is 18.0 Å². The van der Waals surface area contributed by atoms with Crippen molar-refractivity contribution in [1.29, 1.82) is 0 Å². The molecule has 0 aromatic heterocycles. The van der Waals surface area contributed by atoms with Gasteiger partial charge in [0.25, 0.3) is 5.91 Å². The monoisotopic (exact) mass is 404 g/mol. The molecule has 2 aromatic rings. The van der Waals surface area contributed by atoms with Gasteiger partial charge in [-0.25, -0.2) is 8.42 Å². The van der Waals surface area contributed by atoms with E-state index in [1.165, 1.54) is 12.1 Å². The molecule has 0 aliphatic carbocycles. The van der Waals surface area contributed by atoms with Gasteiger partial charge in [-0.2, -0.15) is 0 Å². The van der Waals surface area contributed by atoms with Crippen LogP contribution in [0.15, 0.2) is 53.4 Å². The zero-order valence-corrected chi connectivity index (χ0v) is 16.9. The van der Waals surface area contributed by atoms with Crippen molar-refractivity contribution in [2.45, 2.75) is 30.9 Å². The highest BCUT2D eigenvalue weighted by atomic mass is 32.2. The Balaban J connectivity index is 2.02. The maximum atomic E-state index is 12.4. The quantitative estimate of drug-likeness (QED) is 0.704. The van der Waals surface area contributed by atoms with E-state index in [2.05, 4.69) is 10.6 Å². The smallest absolute Gasteiger partial charge is 0.253 e. The first kappa shape index (κ1) is 21.4. The van der Waals surface area contributed by atoms with Crippen LogP contribution in [0.2, 0.25) is 0 Å². The first-order valence-corrected chi connectivity index (χ1v) is 10.4. The number of ether oxygens (including phenoxy) is 1. The summed E-state index contributed by atoms with van der Waals surface area (Å²) in [5, 5.41) is 4.45. The molecular weight excluding hydrogens is 380 g/mol. The van der Waals surface area contributed by atoms with E-state index in [4.69, 9.17) is 4.74 Å². The molecule has 0 atom stereocenters. The van der Waals surface area contributed by atoms with E-state index in [-0.39, 0.29) is 17.0 Å². The molecule has 0 aliphatic heterocycles. The van der Waals surface area contributed by atoms with Gasteiger partial charge in [0.2, 0.25) is 5.91 Å². The molecule has 0 saturated heterocycles. The van der Waals surface area contributed by atoms with Gasteiger partial charge in [0.1, 0.15) is 5.75 Å². The van der Waals surface area contributed by atoms with Gasteiger partial charge in [0, 0.05) is 5.69 Å². The van der Waals surface area contributed by atoms with Crippen molar-refractivity contribution >= 4 is 27.3 Å². The number of hydrogen-bond donors (Lipinski definition) is 2. The van der Waals surface area contributed by atoms with Crippen molar-refractivity contribution in [2.24, 2.45) is 0 Å². The molecule has 0 saturated carbocycles. The summed E-state index contributed by atoms with van der Waals surface area (Å²) in [6.07, 6.45) is 0. The Morgan fingerprint density at radius 1 is 1.04 bits per heavy atom. The number of rotatable bonds is 8. The highest BCUT2D eigenvalue weighted by Crippen LogP contribution is 2.20. The van der Waals surface area contributed by atoms with Crippen LogP contribution in [-0.2, 0) is 14.6 Å². The first-order chi connectivity index (χ1) is 13.3. The lowest BCUT2D eigenvalue weighted by molar-refractivity contribution is -0.115. The summed E-state index contributed by atoms with van der Waals surface area (Å²) in [6, 6.07) is 12.8. The molecule has 2 aromatic carbocycles. The van der Waals surface area contributed by atoms with Crippen LogP contribution in [0.5, 0.6) is 5.75 Å². The lowest BCUT2D eigenvalue weighted by Gasteiger charge is -2.13. The molecule has 2 N–H and O–H groups in total. The average Bonchev–Trinajstić information content (AvgIpc) is 2.67. The molecule has 0 radical (unpaired) electrons. The Labute approximate surface area is 165 Å². The number of carbonyl (C=O) groups excluding carboxylic acids is 2. The Hall–Kier alpha value is -2.87. The summed E-state index contributed by atoms with van der Waals surface area (Å²) in [5.41, 5.74) is 0.579. The fourth-order valence-corrected chi connectivity index (χ4v) is 3.66. The number of hydrogen-bond acceptors (Lipinski definition) is 5. The van der Waals surface area contributed by atoms with Crippen LogP contribution in [0.25, 0.3) is 0 Å². The topological polar surface area (TPSA) is 102 Å². The molecule has 0 spiro atoms. The van der Waals surface area contributed by atoms with Gasteiger partial charge in [0.05, 0.1) is 28.9 Å². The normalized spacial score (nSPS) is 11.1. The summed E-state index contributed by atoms with van der Waals surface area (Å²) >= 11 is 0. The van der Waals surface area contributed by atoms with Crippen molar-refractivity contribution < 1.29 is 22.7 Å². The summed E-state index contributed by atoms with van der Waals surface area (Å²) in [5.74, 6) is -0.361. The maximum absolute atomic E-state index is 12.4. The lowest BCUT2D eigenvalue weighted by atomic mass is 10.2. The van der Waals surface area contributed by atoms with Gasteiger partial charge >= 0.3 is 0 Å². The molecule has 150 valence electrons. The van der Waals surface area contributed by atoms with Gasteiger partial charge < -0.3 is 15.4 Å². The molecule has 8 heteroatoms. The summed E-state index contributed by atoms with van der Waals surface area (Å²) < 4.78 is 30.2. The lowest BCUT2D eigenvalue weighted by Crippen LogP contribution is -2.34. The third kappa shape index (κ3) is 5.32. The Morgan fingerprint density at radius 3 is 2.29 bits per heavy atom. The van der Waals surface area contributed by atoms with Crippen molar-refractivity contribution in [2.75, 3.05) is 18.5 Å². The number of carbonyl (C=O) groups is 2. The summed E-state index contributed by atoms with van der Waals surface area (Å²) in [4.78, 5) is 24.5. The summed E-state index contributed by atoms with van der Waals surface area (Å²) in [6.45, 7) is 5.24. The molecule has 0 unspecified atom stereocenters. The minimum atomic E-state index is -3.62.